The Kier molecular flexibility index (Phi) is 2.41. The van der Waals surface area contributed by atoms with Crippen LogP contribution in [0.1, 0.15) is 12.0 Å². The summed E-state index contributed by atoms with van der Waals surface area (Å²) in [5, 5.41) is 0. The van der Waals surface area contributed by atoms with E-state index in [0.717, 1.165) is 22.4 Å². The van der Waals surface area contributed by atoms with Crippen molar-refractivity contribution in [3.63, 3.8) is 0 Å². The van der Waals surface area contributed by atoms with Gasteiger partial charge in [-0.15, -0.1) is 0 Å². The summed E-state index contributed by atoms with van der Waals surface area (Å²) in [4.78, 5) is 19.1. The smallest absolute Gasteiger partial charge is 0.160 e. The molecule has 1 spiro atoms. The van der Waals surface area contributed by atoms with E-state index >= 15 is 0 Å². The third-order valence-electron chi connectivity index (χ3n) is 4.18. The van der Waals surface area contributed by atoms with Gasteiger partial charge in [0.15, 0.2) is 5.78 Å². The molecule has 100 valence electrons. The number of hydrogen-bond acceptors (Lipinski definition) is 3. The maximum Gasteiger partial charge on any atom is 0.160 e. The number of aromatic amines is 1. The highest BCUT2D eigenvalue weighted by molar-refractivity contribution is 6.09. The van der Waals surface area contributed by atoms with Gasteiger partial charge in [-0.3, -0.25) is 4.79 Å². The number of Topliss-reactive ketones (excluding diaryl/α,β-unsaturated/α-hetero) is 1. The topological polar surface area (TPSA) is 55.0 Å². The normalized spacial score (nSPS) is 21.8. The van der Waals surface area contributed by atoms with E-state index < -0.39 is 0 Å². The molecular formula is C16H14N2O2. The lowest BCUT2D eigenvalue weighted by atomic mass is 9.61. The number of aromatic nitrogens is 2. The quantitative estimate of drug-likeness (QED) is 0.849. The predicted octanol–water partition coefficient (Wildman–Crippen LogP) is 2.45. The molecule has 0 radical (unpaired) electrons. The summed E-state index contributed by atoms with van der Waals surface area (Å²) < 4.78 is 5.29. The molecule has 1 aromatic carbocycles. The molecule has 0 atom stereocenters. The number of nitrogens with one attached hydrogen (secondary N) is 1. The van der Waals surface area contributed by atoms with Crippen LogP contribution in [0.4, 0.5) is 0 Å². The first-order chi connectivity index (χ1) is 9.78. The van der Waals surface area contributed by atoms with Crippen LogP contribution in [0.25, 0.3) is 17.3 Å². The highest BCUT2D eigenvalue weighted by Crippen LogP contribution is 2.50. The summed E-state index contributed by atoms with van der Waals surface area (Å²) >= 11 is 0. The van der Waals surface area contributed by atoms with E-state index in [2.05, 4.69) is 9.97 Å². The molecule has 2 heterocycles. The van der Waals surface area contributed by atoms with Gasteiger partial charge in [0.05, 0.1) is 36.8 Å². The second-order valence-electron chi connectivity index (χ2n) is 5.48. The van der Waals surface area contributed by atoms with Gasteiger partial charge in [0, 0.05) is 17.6 Å². The third-order valence-corrected chi connectivity index (χ3v) is 4.18. The van der Waals surface area contributed by atoms with E-state index in [1.165, 1.54) is 0 Å². The summed E-state index contributed by atoms with van der Waals surface area (Å²) in [6, 6.07) is 8.04. The second-order valence-corrected chi connectivity index (χ2v) is 5.48. The van der Waals surface area contributed by atoms with Gasteiger partial charge in [0.2, 0.25) is 0 Å². The van der Waals surface area contributed by atoms with Gasteiger partial charge >= 0.3 is 0 Å². The summed E-state index contributed by atoms with van der Waals surface area (Å²) in [5.41, 5.74) is 3.98. The van der Waals surface area contributed by atoms with E-state index in [-0.39, 0.29) is 11.2 Å². The minimum Gasteiger partial charge on any atom is -0.379 e. The molecule has 0 unspecified atom stereocenters. The number of benzene rings is 1. The van der Waals surface area contributed by atoms with Gasteiger partial charge in [-0.25, -0.2) is 4.98 Å². The van der Waals surface area contributed by atoms with Crippen molar-refractivity contribution in [1.29, 1.82) is 0 Å². The minimum atomic E-state index is -0.00181. The van der Waals surface area contributed by atoms with Crippen LogP contribution in [0, 0.1) is 5.41 Å². The fourth-order valence-electron chi connectivity index (χ4n) is 2.95. The lowest BCUT2D eigenvalue weighted by Crippen LogP contribution is -2.54. The second kappa shape index (κ2) is 4.15. The molecule has 1 aliphatic heterocycles. The molecule has 1 saturated heterocycles. The number of carbonyl (C=O) groups is 1. The average Bonchev–Trinajstić information content (AvgIpc) is 2.94. The maximum atomic E-state index is 11.9. The zero-order valence-corrected chi connectivity index (χ0v) is 10.9. The van der Waals surface area contributed by atoms with Crippen LogP contribution in [-0.4, -0.2) is 29.0 Å². The van der Waals surface area contributed by atoms with Gasteiger partial charge in [0.25, 0.3) is 0 Å². The van der Waals surface area contributed by atoms with E-state index in [1.54, 1.807) is 12.5 Å². The van der Waals surface area contributed by atoms with Crippen molar-refractivity contribution in [3.05, 3.63) is 47.9 Å². The van der Waals surface area contributed by atoms with Crippen LogP contribution < -0.4 is 0 Å². The molecular weight excluding hydrogens is 252 g/mol. The Morgan fingerprint density at radius 2 is 2.15 bits per heavy atom. The first kappa shape index (κ1) is 11.6. The summed E-state index contributed by atoms with van der Waals surface area (Å²) in [7, 11) is 0. The molecule has 20 heavy (non-hydrogen) atoms. The Balaban J connectivity index is 1.78. The standard InChI is InChI=1S/C16H14N2O2/c19-15-6-16(8-20-9-16)13(15)5-11-3-1-2-4-12(11)14-7-17-10-18-14/h1-5,7,10H,6,8-9H2,(H,17,18)/b13-5-. The van der Waals surface area contributed by atoms with Crippen LogP contribution in [0.2, 0.25) is 0 Å². The van der Waals surface area contributed by atoms with Crippen LogP contribution in [-0.2, 0) is 9.53 Å². The SMILES string of the molecule is O=C1CC2(COC2)/C1=C\c1ccccc1-c1cnc[nH]1. The number of ether oxygens (including phenoxy) is 1. The minimum absolute atomic E-state index is 0.00181. The Morgan fingerprint density at radius 3 is 2.80 bits per heavy atom. The number of nitrogens with zero attached hydrogens (tertiary/aromatic N) is 1. The molecule has 4 nitrogen and oxygen atoms in total. The molecule has 1 aromatic heterocycles. The van der Waals surface area contributed by atoms with Crippen LogP contribution in [0.5, 0.6) is 0 Å². The molecule has 2 aromatic rings. The Hall–Kier alpha value is -2.20. The van der Waals surface area contributed by atoms with Crippen molar-refractivity contribution in [2.75, 3.05) is 13.2 Å². The van der Waals surface area contributed by atoms with Crippen molar-refractivity contribution in [2.24, 2.45) is 5.41 Å². The first-order valence-electron chi connectivity index (χ1n) is 6.69. The number of imidazole rings is 1. The van der Waals surface area contributed by atoms with E-state index in [0.29, 0.717) is 19.6 Å². The van der Waals surface area contributed by atoms with E-state index in [4.69, 9.17) is 4.74 Å². The summed E-state index contributed by atoms with van der Waals surface area (Å²) in [5.74, 6) is 0.243. The number of ketones is 1. The average molecular weight is 266 g/mol. The fourth-order valence-corrected chi connectivity index (χ4v) is 2.95. The zero-order valence-electron chi connectivity index (χ0n) is 10.9. The van der Waals surface area contributed by atoms with Crippen molar-refractivity contribution in [2.45, 2.75) is 6.42 Å². The Labute approximate surface area is 116 Å². The lowest BCUT2D eigenvalue weighted by molar-refractivity contribution is -0.150. The Morgan fingerprint density at radius 1 is 1.30 bits per heavy atom. The molecule has 4 heteroatoms. The highest BCUT2D eigenvalue weighted by Gasteiger charge is 2.54. The molecule has 0 amide bonds. The molecule has 4 rings (SSSR count). The van der Waals surface area contributed by atoms with Crippen molar-refractivity contribution >= 4 is 11.9 Å². The number of carbonyl (C=O) groups excluding carboxylic acids is 1. The predicted molar refractivity (Wildman–Crippen MR) is 74.9 cm³/mol. The van der Waals surface area contributed by atoms with E-state index in [1.807, 2.05) is 30.3 Å². The van der Waals surface area contributed by atoms with Gasteiger partial charge in [0.1, 0.15) is 0 Å². The largest absolute Gasteiger partial charge is 0.379 e. The van der Waals surface area contributed by atoms with Crippen molar-refractivity contribution < 1.29 is 9.53 Å². The zero-order chi connectivity index (χ0) is 13.6. The number of H-pyrrole nitrogens is 1. The summed E-state index contributed by atoms with van der Waals surface area (Å²) in [6.45, 7) is 1.35. The van der Waals surface area contributed by atoms with Crippen LogP contribution >= 0.6 is 0 Å². The molecule has 2 fully saturated rings. The Bertz CT molecular complexity index is 697. The maximum absolute atomic E-state index is 11.9. The number of hydrogen-bond donors (Lipinski definition) is 1. The van der Waals surface area contributed by atoms with Gasteiger partial charge in [-0.1, -0.05) is 24.3 Å². The monoisotopic (exact) mass is 266 g/mol. The lowest BCUT2D eigenvalue weighted by Gasteiger charge is -2.49. The van der Waals surface area contributed by atoms with Crippen molar-refractivity contribution in [1.82, 2.24) is 9.97 Å². The highest BCUT2D eigenvalue weighted by atomic mass is 16.5. The molecule has 1 aliphatic carbocycles. The summed E-state index contributed by atoms with van der Waals surface area (Å²) in [6.07, 6.45) is 6.10. The molecule has 1 N–H and O–H groups in total. The van der Waals surface area contributed by atoms with Gasteiger partial charge in [-0.2, -0.15) is 0 Å². The van der Waals surface area contributed by atoms with Crippen molar-refractivity contribution in [3.8, 4) is 11.3 Å². The third kappa shape index (κ3) is 1.58. The molecule has 2 aliphatic rings. The van der Waals surface area contributed by atoms with Gasteiger partial charge < -0.3 is 9.72 Å². The van der Waals surface area contributed by atoms with Crippen LogP contribution in [0.3, 0.4) is 0 Å². The van der Waals surface area contributed by atoms with Gasteiger partial charge in [-0.05, 0) is 11.6 Å². The van der Waals surface area contributed by atoms with Crippen LogP contribution in [0.15, 0.2) is 42.4 Å². The molecule has 0 bridgehead atoms. The number of rotatable bonds is 2. The molecule has 1 saturated carbocycles. The van der Waals surface area contributed by atoms with E-state index in [9.17, 15) is 4.79 Å². The first-order valence-corrected chi connectivity index (χ1v) is 6.69. The fraction of sp³-hybridized carbons (Fsp3) is 0.250.